The fourth-order valence-corrected chi connectivity index (χ4v) is 1.71. The number of amides is 1. The van der Waals surface area contributed by atoms with Crippen molar-refractivity contribution in [3.05, 3.63) is 0 Å². The lowest BCUT2D eigenvalue weighted by molar-refractivity contribution is -0.145. The van der Waals surface area contributed by atoms with Crippen molar-refractivity contribution in [1.29, 1.82) is 0 Å². The first-order valence-corrected chi connectivity index (χ1v) is 6.46. The Balaban J connectivity index is 2.39. The van der Waals surface area contributed by atoms with Gasteiger partial charge in [-0.15, -0.1) is 0 Å². The average Bonchev–Trinajstić information content (AvgIpc) is 3.04. The van der Waals surface area contributed by atoms with Crippen LogP contribution in [0, 0.1) is 5.92 Å². The van der Waals surface area contributed by atoms with E-state index in [9.17, 15) is 9.90 Å². The lowest BCUT2D eigenvalue weighted by atomic mass is 10.1. The van der Waals surface area contributed by atoms with Crippen molar-refractivity contribution in [3.63, 3.8) is 0 Å². The molecule has 0 spiro atoms. The van der Waals surface area contributed by atoms with E-state index in [0.29, 0.717) is 25.6 Å². The minimum Gasteiger partial charge on any atom is -0.389 e. The molecule has 0 heterocycles. The molecule has 1 aliphatic rings. The molecule has 1 N–H and O–H groups in total. The van der Waals surface area contributed by atoms with Gasteiger partial charge in [0.25, 0.3) is 5.91 Å². The highest BCUT2D eigenvalue weighted by Crippen LogP contribution is 2.29. The number of ether oxygens (including phenoxy) is 1. The molecule has 1 amide bonds. The summed E-state index contributed by atoms with van der Waals surface area (Å²) in [5.74, 6) is 0.630. The smallest absolute Gasteiger partial charge is 0.251 e. The lowest BCUT2D eigenvalue weighted by Gasteiger charge is -2.30. The molecule has 0 aliphatic heterocycles. The van der Waals surface area contributed by atoms with Crippen LogP contribution < -0.4 is 0 Å². The topological polar surface area (TPSA) is 49.8 Å². The summed E-state index contributed by atoms with van der Waals surface area (Å²) in [6.07, 6.45) is 2.04. The minimum absolute atomic E-state index is 0.0322. The Hall–Kier alpha value is -0.610. The normalized spacial score (nSPS) is 17.9. The van der Waals surface area contributed by atoms with E-state index < -0.39 is 11.7 Å². The fraction of sp³-hybridized carbons (Fsp3) is 0.923. The number of likely N-dealkylation sites (N-methyl/N-ethyl adjacent to an activating group) is 1. The summed E-state index contributed by atoms with van der Waals surface area (Å²) in [6, 6.07) is 0. The van der Waals surface area contributed by atoms with Gasteiger partial charge in [-0.05, 0) is 46.5 Å². The number of rotatable bonds is 7. The Morgan fingerprint density at radius 1 is 1.53 bits per heavy atom. The lowest BCUT2D eigenvalue weighted by Crippen LogP contribution is -2.46. The van der Waals surface area contributed by atoms with Crippen molar-refractivity contribution in [2.24, 2.45) is 5.92 Å². The van der Waals surface area contributed by atoms with Gasteiger partial charge in [0, 0.05) is 13.1 Å². The summed E-state index contributed by atoms with van der Waals surface area (Å²) in [5, 5.41) is 9.74. The molecule has 0 aromatic rings. The van der Waals surface area contributed by atoms with Crippen LogP contribution in [0.3, 0.4) is 0 Å². The van der Waals surface area contributed by atoms with Crippen molar-refractivity contribution in [1.82, 2.24) is 4.90 Å². The summed E-state index contributed by atoms with van der Waals surface area (Å²) < 4.78 is 5.55. The van der Waals surface area contributed by atoms with Crippen LogP contribution in [-0.4, -0.2) is 47.3 Å². The molecule has 1 aliphatic carbocycles. The first kappa shape index (κ1) is 14.5. The predicted molar refractivity (Wildman–Crippen MR) is 66.7 cm³/mol. The largest absolute Gasteiger partial charge is 0.389 e. The molecule has 4 nitrogen and oxygen atoms in total. The van der Waals surface area contributed by atoms with Crippen LogP contribution in [0.5, 0.6) is 0 Å². The maximum atomic E-state index is 12.1. The number of carbonyl (C=O) groups is 1. The van der Waals surface area contributed by atoms with Gasteiger partial charge in [0.05, 0.1) is 12.2 Å². The number of hydrogen-bond donors (Lipinski definition) is 1. The van der Waals surface area contributed by atoms with E-state index in [-0.39, 0.29) is 5.91 Å². The van der Waals surface area contributed by atoms with Crippen molar-refractivity contribution in [3.8, 4) is 0 Å². The standard InChI is InChI=1S/C13H25NO3/c1-5-14(9-13(3,4)16)12(15)10(2)17-8-11-6-7-11/h10-11,16H,5-9H2,1-4H3. The molecule has 1 unspecified atom stereocenters. The Bertz CT molecular complexity index is 256. The summed E-state index contributed by atoms with van der Waals surface area (Å²) in [7, 11) is 0. The maximum Gasteiger partial charge on any atom is 0.251 e. The molecule has 1 saturated carbocycles. The number of nitrogens with zero attached hydrogens (tertiary/aromatic N) is 1. The molecule has 100 valence electrons. The average molecular weight is 243 g/mol. The summed E-state index contributed by atoms with van der Waals surface area (Å²) in [6.45, 7) is 8.75. The molecule has 0 bridgehead atoms. The van der Waals surface area contributed by atoms with E-state index in [2.05, 4.69) is 0 Å². The third-order valence-corrected chi connectivity index (χ3v) is 2.90. The summed E-state index contributed by atoms with van der Waals surface area (Å²) in [4.78, 5) is 13.7. The highest BCUT2D eigenvalue weighted by Gasteiger charge is 2.27. The zero-order valence-electron chi connectivity index (χ0n) is 11.4. The molecule has 0 aromatic heterocycles. The molecule has 1 fully saturated rings. The van der Waals surface area contributed by atoms with Crippen molar-refractivity contribution < 1.29 is 14.6 Å². The van der Waals surface area contributed by atoms with Crippen LogP contribution in [0.2, 0.25) is 0 Å². The molecular formula is C13H25NO3. The second kappa shape index (κ2) is 5.83. The molecular weight excluding hydrogens is 218 g/mol. The predicted octanol–water partition coefficient (Wildman–Crippen LogP) is 1.42. The van der Waals surface area contributed by atoms with Crippen molar-refractivity contribution in [2.75, 3.05) is 19.7 Å². The Kier molecular flexibility index (Phi) is 4.95. The summed E-state index contributed by atoms with van der Waals surface area (Å²) in [5.41, 5.74) is -0.859. The van der Waals surface area contributed by atoms with Crippen LogP contribution in [0.1, 0.15) is 40.5 Å². The zero-order valence-corrected chi connectivity index (χ0v) is 11.4. The van der Waals surface area contributed by atoms with Gasteiger partial charge in [-0.3, -0.25) is 4.79 Å². The van der Waals surface area contributed by atoms with Gasteiger partial charge >= 0.3 is 0 Å². The van der Waals surface area contributed by atoms with Gasteiger partial charge in [0.15, 0.2) is 0 Å². The zero-order chi connectivity index (χ0) is 13.1. The minimum atomic E-state index is -0.859. The molecule has 0 saturated heterocycles. The number of carbonyl (C=O) groups excluding carboxylic acids is 1. The first-order valence-electron chi connectivity index (χ1n) is 6.46. The van der Waals surface area contributed by atoms with E-state index in [0.717, 1.165) is 0 Å². The fourth-order valence-electron chi connectivity index (χ4n) is 1.71. The van der Waals surface area contributed by atoms with Crippen LogP contribution >= 0.6 is 0 Å². The quantitative estimate of drug-likeness (QED) is 0.735. The van der Waals surface area contributed by atoms with Crippen LogP contribution in [0.25, 0.3) is 0 Å². The van der Waals surface area contributed by atoms with Crippen LogP contribution in [-0.2, 0) is 9.53 Å². The first-order chi connectivity index (χ1) is 7.83. The molecule has 0 radical (unpaired) electrons. The van der Waals surface area contributed by atoms with Gasteiger partial charge in [0.1, 0.15) is 6.10 Å². The van der Waals surface area contributed by atoms with Gasteiger partial charge < -0.3 is 14.7 Å². The number of hydrogen-bond acceptors (Lipinski definition) is 3. The van der Waals surface area contributed by atoms with E-state index in [4.69, 9.17) is 4.74 Å². The molecule has 4 heteroatoms. The molecule has 17 heavy (non-hydrogen) atoms. The van der Waals surface area contributed by atoms with E-state index in [1.54, 1.807) is 25.7 Å². The third kappa shape index (κ3) is 5.50. The van der Waals surface area contributed by atoms with Crippen molar-refractivity contribution >= 4 is 5.91 Å². The van der Waals surface area contributed by atoms with E-state index in [1.165, 1.54) is 12.8 Å². The third-order valence-electron chi connectivity index (χ3n) is 2.90. The highest BCUT2D eigenvalue weighted by atomic mass is 16.5. The Morgan fingerprint density at radius 3 is 2.53 bits per heavy atom. The van der Waals surface area contributed by atoms with E-state index in [1.807, 2.05) is 6.92 Å². The van der Waals surface area contributed by atoms with Gasteiger partial charge in [-0.1, -0.05) is 0 Å². The SMILES string of the molecule is CCN(CC(C)(C)O)C(=O)C(C)OCC1CC1. The molecule has 1 rings (SSSR count). The number of aliphatic hydroxyl groups is 1. The van der Waals surface area contributed by atoms with Crippen LogP contribution in [0.15, 0.2) is 0 Å². The van der Waals surface area contributed by atoms with E-state index >= 15 is 0 Å². The van der Waals surface area contributed by atoms with Gasteiger partial charge in [-0.25, -0.2) is 0 Å². The van der Waals surface area contributed by atoms with Gasteiger partial charge in [-0.2, -0.15) is 0 Å². The molecule has 0 aromatic carbocycles. The Labute approximate surface area is 104 Å². The van der Waals surface area contributed by atoms with Crippen LogP contribution in [0.4, 0.5) is 0 Å². The second-order valence-electron chi connectivity index (χ2n) is 5.58. The van der Waals surface area contributed by atoms with Gasteiger partial charge in [0.2, 0.25) is 0 Å². The second-order valence-corrected chi connectivity index (χ2v) is 5.58. The summed E-state index contributed by atoms with van der Waals surface area (Å²) >= 11 is 0. The molecule has 1 atom stereocenters. The monoisotopic (exact) mass is 243 g/mol. The maximum absolute atomic E-state index is 12.1. The van der Waals surface area contributed by atoms with Crippen molar-refractivity contribution in [2.45, 2.75) is 52.2 Å². The highest BCUT2D eigenvalue weighted by molar-refractivity contribution is 5.80. The Morgan fingerprint density at radius 2 is 2.12 bits per heavy atom.